The van der Waals surface area contributed by atoms with Crippen LogP contribution in [0.4, 0.5) is 24.5 Å². The monoisotopic (exact) mass is 618 g/mol. The van der Waals surface area contributed by atoms with Gasteiger partial charge in [-0.05, 0) is 40.5 Å². The number of halogens is 5. The van der Waals surface area contributed by atoms with Crippen LogP contribution in [0, 0.1) is 0 Å². The molecule has 0 bridgehead atoms. The fourth-order valence-corrected chi connectivity index (χ4v) is 4.88. The molecule has 1 saturated heterocycles. The van der Waals surface area contributed by atoms with Crippen molar-refractivity contribution in [1.82, 2.24) is 24.1 Å². The minimum atomic E-state index is -4.58. The Labute approximate surface area is 227 Å². The SMILES string of the molecule is CCc1c(N2CCN(C(=O)CN)CC2)c(=O)n2nc(Br)nc2n1CC(=O)Nc1ccc(C(F)(F)F)cc1Cl. The van der Waals surface area contributed by atoms with Crippen LogP contribution in [0.2, 0.25) is 5.02 Å². The molecule has 2 amide bonds. The van der Waals surface area contributed by atoms with E-state index in [1.165, 1.54) is 4.57 Å². The first-order chi connectivity index (χ1) is 17.9. The summed E-state index contributed by atoms with van der Waals surface area (Å²) in [5.41, 5.74) is 4.92. The van der Waals surface area contributed by atoms with Crippen molar-refractivity contribution < 1.29 is 22.8 Å². The van der Waals surface area contributed by atoms with Gasteiger partial charge in [0.05, 0.1) is 28.5 Å². The van der Waals surface area contributed by atoms with E-state index in [1.54, 1.807) is 4.90 Å². The zero-order chi connectivity index (χ0) is 27.8. The largest absolute Gasteiger partial charge is 0.416 e. The molecule has 3 aromatic rings. The summed E-state index contributed by atoms with van der Waals surface area (Å²) in [6.45, 7) is 2.84. The number of hydrogen-bond acceptors (Lipinski definition) is 7. The molecule has 0 spiro atoms. The van der Waals surface area contributed by atoms with Crippen molar-refractivity contribution in [3.05, 3.63) is 49.6 Å². The molecule has 0 saturated carbocycles. The lowest BCUT2D eigenvalue weighted by Gasteiger charge is -2.36. The molecular weight excluding hydrogens is 597 g/mol. The number of hydrogen-bond donors (Lipinski definition) is 2. The zero-order valence-electron chi connectivity index (χ0n) is 20.1. The number of rotatable bonds is 6. The molecule has 2 aromatic heterocycles. The summed E-state index contributed by atoms with van der Waals surface area (Å²) in [6, 6.07) is 2.63. The van der Waals surface area contributed by atoms with Gasteiger partial charge in [0.2, 0.25) is 22.3 Å². The summed E-state index contributed by atoms with van der Waals surface area (Å²) < 4.78 is 41.6. The first-order valence-corrected chi connectivity index (χ1v) is 12.7. The van der Waals surface area contributed by atoms with Crippen molar-refractivity contribution in [2.45, 2.75) is 26.1 Å². The molecule has 3 N–H and O–H groups in total. The molecule has 0 radical (unpaired) electrons. The predicted molar refractivity (Wildman–Crippen MR) is 137 cm³/mol. The van der Waals surface area contributed by atoms with Crippen LogP contribution in [0.1, 0.15) is 18.2 Å². The third-order valence-corrected chi connectivity index (χ3v) is 6.78. The average molecular weight is 620 g/mol. The minimum absolute atomic E-state index is 0.00310. The summed E-state index contributed by atoms with van der Waals surface area (Å²) >= 11 is 9.16. The van der Waals surface area contributed by atoms with E-state index >= 15 is 0 Å². The summed E-state index contributed by atoms with van der Waals surface area (Å²) in [5, 5.41) is 6.37. The summed E-state index contributed by atoms with van der Waals surface area (Å²) in [5.74, 6) is -0.685. The van der Waals surface area contributed by atoms with Crippen molar-refractivity contribution in [3.63, 3.8) is 0 Å². The smallest absolute Gasteiger partial charge is 0.362 e. The fraction of sp³-hybridized carbons (Fsp3) is 0.409. The molecule has 16 heteroatoms. The van der Waals surface area contributed by atoms with Gasteiger partial charge >= 0.3 is 6.18 Å². The van der Waals surface area contributed by atoms with Crippen LogP contribution in [0.5, 0.6) is 0 Å². The maximum Gasteiger partial charge on any atom is 0.416 e. The van der Waals surface area contributed by atoms with Crippen molar-refractivity contribution in [3.8, 4) is 0 Å². The average Bonchev–Trinajstić information content (AvgIpc) is 3.27. The number of anilines is 2. The molecule has 1 aromatic carbocycles. The normalized spacial score (nSPS) is 14.3. The van der Waals surface area contributed by atoms with Gasteiger partial charge in [0.15, 0.2) is 0 Å². The van der Waals surface area contributed by atoms with Crippen molar-refractivity contribution in [2.75, 3.05) is 42.9 Å². The van der Waals surface area contributed by atoms with Crippen molar-refractivity contribution in [1.29, 1.82) is 0 Å². The number of carbonyl (C=O) groups is 2. The maximum absolute atomic E-state index is 13.5. The van der Waals surface area contributed by atoms with E-state index in [9.17, 15) is 27.6 Å². The van der Waals surface area contributed by atoms with Crippen LogP contribution in [0.25, 0.3) is 5.78 Å². The van der Waals surface area contributed by atoms with Crippen LogP contribution in [-0.2, 0) is 28.7 Å². The lowest BCUT2D eigenvalue weighted by atomic mass is 10.2. The number of benzene rings is 1. The van der Waals surface area contributed by atoms with Gasteiger partial charge in [-0.2, -0.15) is 22.7 Å². The van der Waals surface area contributed by atoms with E-state index in [1.807, 2.05) is 11.8 Å². The van der Waals surface area contributed by atoms with Gasteiger partial charge in [-0.1, -0.05) is 18.5 Å². The molecule has 1 fully saturated rings. The highest BCUT2D eigenvalue weighted by atomic mass is 79.9. The summed E-state index contributed by atoms with van der Waals surface area (Å²) in [7, 11) is 0. The summed E-state index contributed by atoms with van der Waals surface area (Å²) in [4.78, 5) is 46.2. The number of alkyl halides is 3. The quantitative estimate of drug-likeness (QED) is 0.432. The fourth-order valence-electron chi connectivity index (χ4n) is 4.34. The van der Waals surface area contributed by atoms with Gasteiger partial charge in [0.25, 0.3) is 5.56 Å². The number of aromatic nitrogens is 4. The molecule has 4 rings (SSSR count). The Morgan fingerprint density at radius 1 is 1.21 bits per heavy atom. The molecule has 0 atom stereocenters. The van der Waals surface area contributed by atoms with E-state index in [2.05, 4.69) is 31.3 Å². The maximum atomic E-state index is 13.5. The number of nitrogens with one attached hydrogen (secondary N) is 1. The second kappa shape index (κ2) is 10.9. The predicted octanol–water partition coefficient (Wildman–Crippen LogP) is 2.13. The Kier molecular flexibility index (Phi) is 7.99. The van der Waals surface area contributed by atoms with E-state index < -0.39 is 23.2 Å². The second-order valence-corrected chi connectivity index (χ2v) is 9.56. The van der Waals surface area contributed by atoms with Crippen LogP contribution in [0.3, 0.4) is 0 Å². The van der Waals surface area contributed by atoms with E-state index in [-0.39, 0.29) is 40.2 Å². The van der Waals surface area contributed by atoms with Crippen LogP contribution >= 0.6 is 27.5 Å². The topological polar surface area (TPSA) is 131 Å². The van der Waals surface area contributed by atoms with E-state index in [0.29, 0.717) is 44.0 Å². The number of piperazine rings is 1. The van der Waals surface area contributed by atoms with Crippen LogP contribution in [0.15, 0.2) is 27.7 Å². The second-order valence-electron chi connectivity index (χ2n) is 8.45. The molecule has 1 aliphatic heterocycles. The highest BCUT2D eigenvalue weighted by Crippen LogP contribution is 2.34. The lowest BCUT2D eigenvalue weighted by molar-refractivity contribution is -0.137. The Hall–Kier alpha value is -3.17. The van der Waals surface area contributed by atoms with Crippen LogP contribution in [-0.4, -0.2) is 68.6 Å². The van der Waals surface area contributed by atoms with Gasteiger partial charge in [-0.15, -0.1) is 5.10 Å². The van der Waals surface area contributed by atoms with Crippen molar-refractivity contribution in [2.24, 2.45) is 5.73 Å². The Morgan fingerprint density at radius 2 is 1.89 bits per heavy atom. The van der Waals surface area contributed by atoms with Crippen LogP contribution < -0.4 is 21.5 Å². The molecule has 1 aliphatic rings. The molecule has 0 unspecified atom stereocenters. The van der Waals surface area contributed by atoms with E-state index in [4.69, 9.17) is 17.3 Å². The first-order valence-electron chi connectivity index (χ1n) is 11.5. The standard InChI is InChI=1S/C22H23BrClF3N8O3/c1-2-15-18(33-7-5-32(6-8-33)17(37)10-28)19(38)35-21(30-20(23)31-35)34(15)11-16(36)29-14-4-3-12(9-13(14)24)22(25,26)27/h3-4,9H,2,5-8,10-11,28H2,1H3,(H,29,36). The molecule has 204 valence electrons. The highest BCUT2D eigenvalue weighted by Gasteiger charge is 2.31. The van der Waals surface area contributed by atoms with Crippen molar-refractivity contribution >= 4 is 56.5 Å². The summed E-state index contributed by atoms with van der Waals surface area (Å²) in [6.07, 6.45) is -4.23. The minimum Gasteiger partial charge on any atom is -0.362 e. The van der Waals surface area contributed by atoms with Gasteiger partial charge < -0.3 is 25.4 Å². The third kappa shape index (κ3) is 5.49. The van der Waals surface area contributed by atoms with Gasteiger partial charge in [0, 0.05) is 26.2 Å². The Balaban J connectivity index is 1.68. The molecular formula is C22H23BrClF3N8O3. The first kappa shape index (κ1) is 27.9. The molecule has 0 aliphatic carbocycles. The molecule has 11 nitrogen and oxygen atoms in total. The van der Waals surface area contributed by atoms with E-state index in [0.717, 1.165) is 22.7 Å². The number of fused-ring (bicyclic) bond motifs is 1. The zero-order valence-corrected chi connectivity index (χ0v) is 22.4. The molecule has 38 heavy (non-hydrogen) atoms. The molecule has 3 heterocycles. The lowest BCUT2D eigenvalue weighted by Crippen LogP contribution is -2.52. The van der Waals surface area contributed by atoms with Gasteiger partial charge in [0.1, 0.15) is 12.2 Å². The van der Waals surface area contributed by atoms with Gasteiger partial charge in [-0.25, -0.2) is 0 Å². The Bertz CT molecular complexity index is 1450. The number of amides is 2. The highest BCUT2D eigenvalue weighted by molar-refractivity contribution is 9.10. The Morgan fingerprint density at radius 3 is 2.47 bits per heavy atom. The number of carbonyl (C=O) groups excluding carboxylic acids is 2. The van der Waals surface area contributed by atoms with Gasteiger partial charge in [-0.3, -0.25) is 14.4 Å². The number of nitrogens with zero attached hydrogens (tertiary/aromatic N) is 6. The third-order valence-electron chi connectivity index (χ3n) is 6.13. The number of nitrogens with two attached hydrogens (primary N) is 1.